The molecule has 3 aromatic heterocycles. The molecule has 0 aliphatic heterocycles. The quantitative estimate of drug-likeness (QED) is 0.324. The van der Waals surface area contributed by atoms with Crippen LogP contribution in [0.5, 0.6) is 0 Å². The number of rotatable bonds is 7. The van der Waals surface area contributed by atoms with Gasteiger partial charge in [-0.1, -0.05) is 28.3 Å². The number of furan rings is 1. The molecule has 1 aromatic carbocycles. The Morgan fingerprint density at radius 1 is 1.10 bits per heavy atom. The number of thioether (sulfide) groups is 1. The molecule has 4 rings (SSSR count). The molecular formula is C18H12FN5O4S2. The number of benzene rings is 1. The molecule has 0 aliphatic rings. The van der Waals surface area contributed by atoms with Crippen molar-refractivity contribution in [2.75, 3.05) is 16.4 Å². The lowest BCUT2D eigenvalue weighted by Crippen LogP contribution is -2.13. The molecule has 0 aliphatic carbocycles. The molecule has 0 saturated heterocycles. The van der Waals surface area contributed by atoms with Crippen LogP contribution in [0.1, 0.15) is 10.5 Å². The van der Waals surface area contributed by atoms with Gasteiger partial charge in [0.2, 0.25) is 16.8 Å². The van der Waals surface area contributed by atoms with E-state index in [1.165, 1.54) is 36.6 Å². The molecule has 3 heterocycles. The number of aromatic nitrogens is 3. The van der Waals surface area contributed by atoms with Gasteiger partial charge in [0.1, 0.15) is 5.82 Å². The van der Waals surface area contributed by atoms with Crippen molar-refractivity contribution in [1.29, 1.82) is 0 Å². The summed E-state index contributed by atoms with van der Waals surface area (Å²) in [6, 6.07) is 10.3. The second-order valence-corrected chi connectivity index (χ2v) is 7.92. The summed E-state index contributed by atoms with van der Waals surface area (Å²) in [5.41, 5.74) is 0.554. The van der Waals surface area contributed by atoms with Gasteiger partial charge in [0.25, 0.3) is 5.91 Å². The van der Waals surface area contributed by atoms with Crippen LogP contribution in [0.2, 0.25) is 0 Å². The molecule has 0 fully saturated rings. The molecule has 2 amide bonds. The lowest BCUT2D eigenvalue weighted by Gasteiger charge is -2.03. The second kappa shape index (κ2) is 8.88. The normalized spacial score (nSPS) is 10.7. The molecule has 12 heteroatoms. The van der Waals surface area contributed by atoms with E-state index >= 15 is 0 Å². The number of anilines is 2. The first-order valence-electron chi connectivity index (χ1n) is 8.40. The van der Waals surface area contributed by atoms with Crippen LogP contribution in [-0.4, -0.2) is 32.9 Å². The fourth-order valence-corrected chi connectivity index (χ4v) is 3.80. The van der Waals surface area contributed by atoms with Gasteiger partial charge < -0.3 is 14.3 Å². The molecule has 2 N–H and O–H groups in total. The van der Waals surface area contributed by atoms with Crippen molar-refractivity contribution in [3.63, 3.8) is 0 Å². The first kappa shape index (κ1) is 19.8. The topological polar surface area (TPSA) is 123 Å². The lowest BCUT2D eigenvalue weighted by molar-refractivity contribution is -0.113. The highest BCUT2D eigenvalue weighted by molar-refractivity contribution is 8.01. The van der Waals surface area contributed by atoms with Crippen molar-refractivity contribution in [2.24, 2.45) is 0 Å². The highest BCUT2D eigenvalue weighted by atomic mass is 32.2. The van der Waals surface area contributed by atoms with E-state index in [9.17, 15) is 14.0 Å². The first-order valence-corrected chi connectivity index (χ1v) is 10.2. The molecule has 0 bridgehead atoms. The summed E-state index contributed by atoms with van der Waals surface area (Å²) in [7, 11) is 0. The van der Waals surface area contributed by atoms with E-state index in [1.54, 1.807) is 12.1 Å². The van der Waals surface area contributed by atoms with E-state index in [4.69, 9.17) is 8.94 Å². The Kier molecular flexibility index (Phi) is 5.86. The van der Waals surface area contributed by atoms with Crippen molar-refractivity contribution < 1.29 is 22.9 Å². The highest BCUT2D eigenvalue weighted by Crippen LogP contribution is 2.26. The summed E-state index contributed by atoms with van der Waals surface area (Å²) in [5, 5.41) is 17.0. The summed E-state index contributed by atoms with van der Waals surface area (Å²) in [5.74, 6) is -0.316. The minimum absolute atomic E-state index is 0.0597. The van der Waals surface area contributed by atoms with Crippen LogP contribution in [0.15, 0.2) is 62.0 Å². The zero-order valence-electron chi connectivity index (χ0n) is 15.0. The Morgan fingerprint density at radius 2 is 1.93 bits per heavy atom. The largest absolute Gasteiger partial charge is 0.461 e. The van der Waals surface area contributed by atoms with Gasteiger partial charge >= 0.3 is 0 Å². The Bertz CT molecular complexity index is 1160. The van der Waals surface area contributed by atoms with E-state index in [2.05, 4.69) is 26.0 Å². The summed E-state index contributed by atoms with van der Waals surface area (Å²) in [6.45, 7) is 0. The van der Waals surface area contributed by atoms with Gasteiger partial charge in [-0.2, -0.15) is 0 Å². The predicted molar refractivity (Wildman–Crippen MR) is 108 cm³/mol. The third-order valence-electron chi connectivity index (χ3n) is 3.59. The van der Waals surface area contributed by atoms with Crippen LogP contribution < -0.4 is 10.6 Å². The molecule has 0 unspecified atom stereocenters. The van der Waals surface area contributed by atoms with Crippen molar-refractivity contribution in [3.8, 4) is 11.5 Å². The molecule has 0 spiro atoms. The van der Waals surface area contributed by atoms with Crippen LogP contribution in [0.4, 0.5) is 15.2 Å². The van der Waals surface area contributed by atoms with Crippen molar-refractivity contribution in [1.82, 2.24) is 15.4 Å². The number of nitrogens with one attached hydrogen (secondary N) is 2. The van der Waals surface area contributed by atoms with Crippen molar-refractivity contribution >= 4 is 45.7 Å². The van der Waals surface area contributed by atoms with Gasteiger partial charge in [0, 0.05) is 11.8 Å². The smallest absolute Gasteiger partial charge is 0.279 e. The molecular weight excluding hydrogens is 433 g/mol. The third kappa shape index (κ3) is 4.90. The molecule has 0 radical (unpaired) electrons. The van der Waals surface area contributed by atoms with Crippen LogP contribution in [0.25, 0.3) is 11.5 Å². The summed E-state index contributed by atoms with van der Waals surface area (Å²) in [4.78, 5) is 24.3. The van der Waals surface area contributed by atoms with Crippen LogP contribution in [0.3, 0.4) is 0 Å². The third-order valence-corrected chi connectivity index (χ3v) is 5.56. The Hall–Kier alpha value is -3.51. The second-order valence-electron chi connectivity index (χ2n) is 5.72. The maximum absolute atomic E-state index is 12.9. The number of hydrogen-bond acceptors (Lipinski definition) is 9. The number of carbonyl (C=O) groups is 2. The highest BCUT2D eigenvalue weighted by Gasteiger charge is 2.17. The summed E-state index contributed by atoms with van der Waals surface area (Å²) < 4.78 is 23.7. The number of nitrogens with zero attached hydrogens (tertiary/aromatic N) is 3. The molecule has 0 atom stereocenters. The maximum atomic E-state index is 12.9. The first-order chi connectivity index (χ1) is 14.6. The van der Waals surface area contributed by atoms with E-state index < -0.39 is 5.91 Å². The SMILES string of the molecule is O=C(CSc1nnc(NC(=O)c2cc(-c3ccco3)on2)s1)Nc1ccc(F)cc1. The van der Waals surface area contributed by atoms with Gasteiger partial charge in [-0.3, -0.25) is 14.9 Å². The predicted octanol–water partition coefficient (Wildman–Crippen LogP) is 3.91. The number of amides is 2. The maximum Gasteiger partial charge on any atom is 0.279 e. The van der Waals surface area contributed by atoms with Gasteiger partial charge in [0.15, 0.2) is 15.8 Å². The minimum Gasteiger partial charge on any atom is -0.461 e. The van der Waals surface area contributed by atoms with E-state index in [1.807, 2.05) is 0 Å². The fourth-order valence-electron chi connectivity index (χ4n) is 2.25. The Labute approximate surface area is 176 Å². The van der Waals surface area contributed by atoms with Gasteiger partial charge in [-0.25, -0.2) is 4.39 Å². The van der Waals surface area contributed by atoms with E-state index in [-0.39, 0.29) is 28.3 Å². The monoisotopic (exact) mass is 445 g/mol. The Balaban J connectivity index is 1.29. The van der Waals surface area contributed by atoms with Gasteiger partial charge in [0.05, 0.1) is 12.0 Å². The molecule has 0 saturated carbocycles. The Morgan fingerprint density at radius 3 is 2.70 bits per heavy atom. The summed E-state index contributed by atoms with van der Waals surface area (Å²) in [6.07, 6.45) is 1.48. The standard InChI is InChI=1S/C18H12FN5O4S2/c19-10-3-5-11(6-4-10)20-15(25)9-29-18-23-22-17(30-18)21-16(26)12-8-14(28-24-12)13-2-1-7-27-13/h1-8H,9H2,(H,20,25)(H,21,22,26). The average molecular weight is 445 g/mol. The van der Waals surface area contributed by atoms with Crippen molar-refractivity contribution in [2.45, 2.75) is 4.34 Å². The molecule has 30 heavy (non-hydrogen) atoms. The zero-order chi connectivity index (χ0) is 20.9. The van der Waals surface area contributed by atoms with E-state index in [0.717, 1.165) is 23.1 Å². The van der Waals surface area contributed by atoms with Crippen LogP contribution in [0, 0.1) is 5.82 Å². The van der Waals surface area contributed by atoms with Gasteiger partial charge in [-0.05, 0) is 36.4 Å². The minimum atomic E-state index is -0.515. The van der Waals surface area contributed by atoms with Crippen LogP contribution >= 0.6 is 23.1 Å². The zero-order valence-corrected chi connectivity index (χ0v) is 16.6. The fraction of sp³-hybridized carbons (Fsp3) is 0.0556. The summed E-state index contributed by atoms with van der Waals surface area (Å²) >= 11 is 2.27. The van der Waals surface area contributed by atoms with Gasteiger partial charge in [-0.15, -0.1) is 10.2 Å². The number of carbonyl (C=O) groups excluding carboxylic acids is 2. The molecule has 9 nitrogen and oxygen atoms in total. The van der Waals surface area contributed by atoms with Crippen molar-refractivity contribution in [3.05, 3.63) is 60.2 Å². The average Bonchev–Trinajstić information content (AvgIpc) is 3.49. The number of hydrogen-bond donors (Lipinski definition) is 2. The molecule has 152 valence electrons. The van der Waals surface area contributed by atoms with Crippen LogP contribution in [-0.2, 0) is 4.79 Å². The molecule has 4 aromatic rings. The lowest BCUT2D eigenvalue weighted by atomic mass is 10.3. The number of halogens is 1. The van der Waals surface area contributed by atoms with E-state index in [0.29, 0.717) is 21.5 Å².